The molecule has 0 fully saturated rings. The monoisotopic (exact) mass is 382 g/mol. The minimum absolute atomic E-state index is 0.121. The standard InChI is InChI=1S/C14H12Br2N2O/c1-9-3-2-6-17-13(9)8-18-14(19)11-5-4-10(15)7-12(11)16/h2-7H,8H2,1H3,(H,18,19). The number of rotatable bonds is 3. The molecule has 1 aromatic carbocycles. The molecule has 0 atom stereocenters. The molecule has 5 heteroatoms. The van der Waals surface area contributed by atoms with Gasteiger partial charge in [-0.05, 0) is 52.7 Å². The molecule has 2 rings (SSSR count). The molecular weight excluding hydrogens is 372 g/mol. The number of aromatic nitrogens is 1. The van der Waals surface area contributed by atoms with Crippen LogP contribution < -0.4 is 5.32 Å². The van der Waals surface area contributed by atoms with Crippen LogP contribution in [0.5, 0.6) is 0 Å². The molecule has 0 saturated carbocycles. The van der Waals surface area contributed by atoms with Gasteiger partial charge in [0.1, 0.15) is 0 Å². The van der Waals surface area contributed by atoms with Crippen LogP contribution in [0.4, 0.5) is 0 Å². The van der Waals surface area contributed by atoms with Crippen molar-refractivity contribution in [3.63, 3.8) is 0 Å². The van der Waals surface area contributed by atoms with Crippen LogP contribution in [-0.2, 0) is 6.54 Å². The van der Waals surface area contributed by atoms with Gasteiger partial charge in [-0.15, -0.1) is 0 Å². The number of nitrogens with one attached hydrogen (secondary N) is 1. The number of nitrogens with zero attached hydrogens (tertiary/aromatic N) is 1. The van der Waals surface area contributed by atoms with Crippen molar-refractivity contribution in [3.8, 4) is 0 Å². The summed E-state index contributed by atoms with van der Waals surface area (Å²) in [5.41, 5.74) is 2.55. The molecule has 0 aliphatic rings. The predicted octanol–water partition coefficient (Wildman–Crippen LogP) is 3.85. The van der Waals surface area contributed by atoms with E-state index in [9.17, 15) is 4.79 Å². The fourth-order valence-electron chi connectivity index (χ4n) is 1.64. The number of carbonyl (C=O) groups excluding carboxylic acids is 1. The first-order valence-electron chi connectivity index (χ1n) is 5.71. The highest BCUT2D eigenvalue weighted by Crippen LogP contribution is 2.21. The van der Waals surface area contributed by atoms with Gasteiger partial charge in [-0.1, -0.05) is 22.0 Å². The summed E-state index contributed by atoms with van der Waals surface area (Å²) in [6.07, 6.45) is 1.73. The van der Waals surface area contributed by atoms with Crippen molar-refractivity contribution in [1.82, 2.24) is 10.3 Å². The van der Waals surface area contributed by atoms with E-state index in [4.69, 9.17) is 0 Å². The Morgan fingerprint density at radius 1 is 1.32 bits per heavy atom. The minimum Gasteiger partial charge on any atom is -0.346 e. The maximum atomic E-state index is 12.1. The first kappa shape index (κ1) is 14.2. The van der Waals surface area contributed by atoms with Gasteiger partial charge < -0.3 is 5.32 Å². The fraction of sp³-hybridized carbons (Fsp3) is 0.143. The molecule has 0 bridgehead atoms. The lowest BCUT2D eigenvalue weighted by molar-refractivity contribution is 0.0949. The molecule has 98 valence electrons. The summed E-state index contributed by atoms with van der Waals surface area (Å²) in [7, 11) is 0. The summed E-state index contributed by atoms with van der Waals surface area (Å²) < 4.78 is 1.69. The second-order valence-electron chi connectivity index (χ2n) is 4.07. The molecule has 1 N–H and O–H groups in total. The van der Waals surface area contributed by atoms with Gasteiger partial charge in [0.05, 0.1) is 17.8 Å². The largest absolute Gasteiger partial charge is 0.346 e. The van der Waals surface area contributed by atoms with E-state index >= 15 is 0 Å². The van der Waals surface area contributed by atoms with Crippen molar-refractivity contribution in [2.75, 3.05) is 0 Å². The van der Waals surface area contributed by atoms with E-state index in [-0.39, 0.29) is 5.91 Å². The SMILES string of the molecule is Cc1cccnc1CNC(=O)c1ccc(Br)cc1Br. The average molecular weight is 384 g/mol. The molecule has 3 nitrogen and oxygen atoms in total. The predicted molar refractivity (Wildman–Crippen MR) is 82.0 cm³/mol. The Morgan fingerprint density at radius 3 is 2.79 bits per heavy atom. The quantitative estimate of drug-likeness (QED) is 0.874. The molecule has 1 aromatic heterocycles. The van der Waals surface area contributed by atoms with E-state index in [0.717, 1.165) is 20.2 Å². The van der Waals surface area contributed by atoms with Crippen molar-refractivity contribution in [2.45, 2.75) is 13.5 Å². The molecule has 1 heterocycles. The van der Waals surface area contributed by atoms with Gasteiger partial charge in [-0.2, -0.15) is 0 Å². The van der Waals surface area contributed by atoms with Crippen LogP contribution in [-0.4, -0.2) is 10.9 Å². The van der Waals surface area contributed by atoms with E-state index in [2.05, 4.69) is 42.2 Å². The number of hydrogen-bond donors (Lipinski definition) is 1. The number of aryl methyl sites for hydroxylation is 1. The summed E-state index contributed by atoms with van der Waals surface area (Å²) in [5.74, 6) is -0.121. The van der Waals surface area contributed by atoms with Crippen LogP contribution in [0, 0.1) is 6.92 Å². The van der Waals surface area contributed by atoms with E-state index in [1.165, 1.54) is 0 Å². The Kier molecular flexibility index (Phi) is 4.71. The van der Waals surface area contributed by atoms with Crippen molar-refractivity contribution in [2.24, 2.45) is 0 Å². The zero-order valence-corrected chi connectivity index (χ0v) is 13.5. The number of halogens is 2. The zero-order valence-electron chi connectivity index (χ0n) is 10.3. The van der Waals surface area contributed by atoms with Crippen LogP contribution in [0.1, 0.15) is 21.6 Å². The number of benzene rings is 1. The highest BCUT2D eigenvalue weighted by Gasteiger charge is 2.10. The third-order valence-corrected chi connectivity index (χ3v) is 3.86. The average Bonchev–Trinajstić information content (AvgIpc) is 2.37. The summed E-state index contributed by atoms with van der Waals surface area (Å²) in [6, 6.07) is 9.32. The molecule has 19 heavy (non-hydrogen) atoms. The van der Waals surface area contributed by atoms with Gasteiger partial charge in [-0.3, -0.25) is 9.78 Å². The summed E-state index contributed by atoms with van der Waals surface area (Å²) in [5, 5.41) is 2.87. The van der Waals surface area contributed by atoms with Gasteiger partial charge in [0, 0.05) is 15.1 Å². The molecule has 0 unspecified atom stereocenters. The van der Waals surface area contributed by atoms with Crippen molar-refractivity contribution in [1.29, 1.82) is 0 Å². The maximum absolute atomic E-state index is 12.1. The smallest absolute Gasteiger partial charge is 0.252 e. The van der Waals surface area contributed by atoms with Gasteiger partial charge in [0.2, 0.25) is 0 Å². The van der Waals surface area contributed by atoms with Crippen LogP contribution in [0.25, 0.3) is 0 Å². The molecule has 0 aliphatic carbocycles. The van der Waals surface area contributed by atoms with Gasteiger partial charge in [-0.25, -0.2) is 0 Å². The summed E-state index contributed by atoms with van der Waals surface area (Å²) in [6.45, 7) is 2.40. The van der Waals surface area contributed by atoms with Crippen molar-refractivity contribution in [3.05, 3.63) is 62.3 Å². The molecule has 0 aliphatic heterocycles. The Bertz CT molecular complexity index is 614. The Hall–Kier alpha value is -1.20. The Balaban J connectivity index is 2.08. The minimum atomic E-state index is -0.121. The number of pyridine rings is 1. The van der Waals surface area contributed by atoms with E-state index < -0.39 is 0 Å². The van der Waals surface area contributed by atoms with Crippen LogP contribution in [0.3, 0.4) is 0 Å². The van der Waals surface area contributed by atoms with Crippen LogP contribution >= 0.6 is 31.9 Å². The molecule has 1 amide bonds. The van der Waals surface area contributed by atoms with Crippen LogP contribution in [0.15, 0.2) is 45.5 Å². The highest BCUT2D eigenvalue weighted by molar-refractivity contribution is 9.11. The van der Waals surface area contributed by atoms with Crippen molar-refractivity contribution >= 4 is 37.8 Å². The lowest BCUT2D eigenvalue weighted by Gasteiger charge is -2.08. The summed E-state index contributed by atoms with van der Waals surface area (Å²) in [4.78, 5) is 16.3. The summed E-state index contributed by atoms with van der Waals surface area (Å²) >= 11 is 6.74. The second-order valence-corrected chi connectivity index (χ2v) is 5.84. The van der Waals surface area contributed by atoms with E-state index in [1.807, 2.05) is 31.2 Å². The second kappa shape index (κ2) is 6.30. The fourth-order valence-corrected chi connectivity index (χ4v) is 2.86. The molecular formula is C14H12Br2N2O. The lowest BCUT2D eigenvalue weighted by atomic mass is 10.2. The number of hydrogen-bond acceptors (Lipinski definition) is 2. The van der Waals surface area contributed by atoms with Gasteiger partial charge >= 0.3 is 0 Å². The normalized spacial score (nSPS) is 10.3. The Morgan fingerprint density at radius 2 is 2.11 bits per heavy atom. The topological polar surface area (TPSA) is 42.0 Å². The molecule has 0 spiro atoms. The molecule has 0 radical (unpaired) electrons. The van der Waals surface area contributed by atoms with Gasteiger partial charge in [0.15, 0.2) is 0 Å². The third-order valence-electron chi connectivity index (χ3n) is 2.71. The lowest BCUT2D eigenvalue weighted by Crippen LogP contribution is -2.24. The zero-order chi connectivity index (χ0) is 13.8. The third kappa shape index (κ3) is 3.64. The first-order valence-corrected chi connectivity index (χ1v) is 7.30. The molecule has 0 saturated heterocycles. The van der Waals surface area contributed by atoms with Crippen molar-refractivity contribution < 1.29 is 4.79 Å². The van der Waals surface area contributed by atoms with Crippen LogP contribution in [0.2, 0.25) is 0 Å². The number of amides is 1. The van der Waals surface area contributed by atoms with E-state index in [1.54, 1.807) is 12.3 Å². The Labute approximate surface area is 128 Å². The maximum Gasteiger partial charge on any atom is 0.252 e. The number of carbonyl (C=O) groups is 1. The van der Waals surface area contributed by atoms with E-state index in [0.29, 0.717) is 12.1 Å². The molecule has 2 aromatic rings. The van der Waals surface area contributed by atoms with Gasteiger partial charge in [0.25, 0.3) is 5.91 Å². The highest BCUT2D eigenvalue weighted by atomic mass is 79.9. The first-order chi connectivity index (χ1) is 9.08.